The zero-order valence-corrected chi connectivity index (χ0v) is 17.4. The Morgan fingerprint density at radius 3 is 2.06 bits per heavy atom. The molecular formula is C27H20N4. The molecular weight excluding hydrogens is 380 g/mol. The Kier molecular flexibility index (Phi) is 4.57. The van der Waals surface area contributed by atoms with Crippen LogP contribution in [0.1, 0.15) is 16.8 Å². The van der Waals surface area contributed by atoms with Crippen molar-refractivity contribution >= 4 is 11.0 Å². The van der Waals surface area contributed by atoms with E-state index in [1.165, 1.54) is 5.56 Å². The van der Waals surface area contributed by atoms with Crippen LogP contribution in [-0.2, 0) is 0 Å². The van der Waals surface area contributed by atoms with E-state index in [1.807, 2.05) is 72.3 Å². The van der Waals surface area contributed by atoms with Gasteiger partial charge in [-0.3, -0.25) is 0 Å². The Morgan fingerprint density at radius 2 is 1.42 bits per heavy atom. The second-order valence-electron chi connectivity index (χ2n) is 7.59. The maximum absolute atomic E-state index is 10.2. The number of hydrogen-bond donors (Lipinski definition) is 0. The molecule has 0 spiro atoms. The van der Waals surface area contributed by atoms with Crippen LogP contribution in [0.3, 0.4) is 0 Å². The molecule has 148 valence electrons. The second kappa shape index (κ2) is 7.55. The first-order valence-corrected chi connectivity index (χ1v) is 10.2. The smallest absolute Gasteiger partial charge is 0.164 e. The SMILES string of the molecule is Cc1ccc(-c2c(C#N)c(-c3ccccc3)nc3c2c(C)nn3-c2ccccc2)cc1. The normalized spacial score (nSPS) is 10.9. The van der Waals surface area contributed by atoms with Crippen molar-refractivity contribution in [2.75, 3.05) is 0 Å². The fraction of sp³-hybridized carbons (Fsp3) is 0.0741. The van der Waals surface area contributed by atoms with Crippen LogP contribution in [0.4, 0.5) is 0 Å². The van der Waals surface area contributed by atoms with Gasteiger partial charge in [0.05, 0.1) is 28.0 Å². The van der Waals surface area contributed by atoms with E-state index in [0.29, 0.717) is 11.3 Å². The zero-order valence-electron chi connectivity index (χ0n) is 17.4. The standard InChI is InChI=1S/C27H20N4/c1-18-13-15-20(16-14-18)25-23(17-28)26(21-9-5-3-6-10-21)29-27-24(25)19(2)30-31(27)22-11-7-4-8-12-22/h3-16H,1-2H3. The van der Waals surface area contributed by atoms with Crippen molar-refractivity contribution < 1.29 is 0 Å². The Hall–Kier alpha value is -4.23. The lowest BCUT2D eigenvalue weighted by molar-refractivity contribution is 0.878. The highest BCUT2D eigenvalue weighted by molar-refractivity contribution is 6.01. The van der Waals surface area contributed by atoms with Crippen molar-refractivity contribution in [1.82, 2.24) is 14.8 Å². The van der Waals surface area contributed by atoms with Crippen LogP contribution < -0.4 is 0 Å². The van der Waals surface area contributed by atoms with Crippen LogP contribution in [0, 0.1) is 25.2 Å². The number of fused-ring (bicyclic) bond motifs is 1. The molecule has 4 heteroatoms. The van der Waals surface area contributed by atoms with E-state index in [9.17, 15) is 5.26 Å². The van der Waals surface area contributed by atoms with Crippen molar-refractivity contribution in [3.63, 3.8) is 0 Å². The zero-order chi connectivity index (χ0) is 21.4. The molecule has 0 atom stereocenters. The van der Waals surface area contributed by atoms with E-state index in [2.05, 4.69) is 37.3 Å². The van der Waals surface area contributed by atoms with Gasteiger partial charge in [0.2, 0.25) is 0 Å². The van der Waals surface area contributed by atoms with Crippen molar-refractivity contribution in [3.8, 4) is 34.1 Å². The number of para-hydroxylation sites is 1. The van der Waals surface area contributed by atoms with E-state index in [4.69, 9.17) is 10.1 Å². The first-order valence-electron chi connectivity index (χ1n) is 10.2. The molecule has 0 amide bonds. The number of nitrogens with zero attached hydrogens (tertiary/aromatic N) is 4. The summed E-state index contributed by atoms with van der Waals surface area (Å²) in [5, 5.41) is 16.0. The van der Waals surface area contributed by atoms with Crippen LogP contribution in [0.15, 0.2) is 84.9 Å². The van der Waals surface area contributed by atoms with Gasteiger partial charge in [-0.05, 0) is 31.5 Å². The number of pyridine rings is 1. The molecule has 0 fully saturated rings. The summed E-state index contributed by atoms with van der Waals surface area (Å²) in [6, 6.07) is 30.6. The Morgan fingerprint density at radius 1 is 0.774 bits per heavy atom. The molecule has 0 N–H and O–H groups in total. The average Bonchev–Trinajstić information content (AvgIpc) is 3.15. The molecule has 2 heterocycles. The van der Waals surface area contributed by atoms with E-state index in [-0.39, 0.29) is 0 Å². The van der Waals surface area contributed by atoms with Crippen LogP contribution in [0.25, 0.3) is 39.1 Å². The van der Waals surface area contributed by atoms with Crippen LogP contribution in [-0.4, -0.2) is 14.8 Å². The summed E-state index contributed by atoms with van der Waals surface area (Å²) < 4.78 is 1.87. The highest BCUT2D eigenvalue weighted by Gasteiger charge is 2.23. The minimum atomic E-state index is 0.568. The lowest BCUT2D eigenvalue weighted by atomic mass is 9.93. The van der Waals surface area contributed by atoms with Crippen LogP contribution >= 0.6 is 0 Å². The largest absolute Gasteiger partial charge is 0.226 e. The minimum Gasteiger partial charge on any atom is -0.226 e. The quantitative estimate of drug-likeness (QED) is 0.360. The first-order chi connectivity index (χ1) is 15.2. The molecule has 5 aromatic rings. The second-order valence-corrected chi connectivity index (χ2v) is 7.59. The van der Waals surface area contributed by atoms with E-state index >= 15 is 0 Å². The number of rotatable bonds is 3. The Labute approximate surface area is 181 Å². The predicted octanol–water partition coefficient (Wildman–Crippen LogP) is 6.24. The molecule has 0 aliphatic carbocycles. The molecule has 0 unspecified atom stereocenters. The number of nitriles is 1. The monoisotopic (exact) mass is 400 g/mol. The molecule has 31 heavy (non-hydrogen) atoms. The molecule has 0 aliphatic rings. The van der Waals surface area contributed by atoms with Crippen molar-refractivity contribution in [2.45, 2.75) is 13.8 Å². The lowest BCUT2D eigenvalue weighted by Gasteiger charge is -2.13. The van der Waals surface area contributed by atoms with Crippen LogP contribution in [0.2, 0.25) is 0 Å². The predicted molar refractivity (Wildman–Crippen MR) is 124 cm³/mol. The Balaban J connectivity index is 1.94. The molecule has 5 rings (SSSR count). The van der Waals surface area contributed by atoms with Gasteiger partial charge in [-0.1, -0.05) is 78.4 Å². The number of hydrogen-bond acceptors (Lipinski definition) is 3. The number of aromatic nitrogens is 3. The maximum Gasteiger partial charge on any atom is 0.164 e. The third-order valence-corrected chi connectivity index (χ3v) is 5.49. The van der Waals surface area contributed by atoms with Gasteiger partial charge in [-0.2, -0.15) is 10.4 Å². The fourth-order valence-corrected chi connectivity index (χ4v) is 3.99. The topological polar surface area (TPSA) is 54.5 Å². The first kappa shape index (κ1) is 18.8. The number of benzene rings is 3. The molecule has 0 saturated carbocycles. The lowest BCUT2D eigenvalue weighted by Crippen LogP contribution is -2.01. The summed E-state index contributed by atoms with van der Waals surface area (Å²) in [4.78, 5) is 5.00. The summed E-state index contributed by atoms with van der Waals surface area (Å²) in [5.74, 6) is 0. The van der Waals surface area contributed by atoms with Gasteiger partial charge in [0.1, 0.15) is 6.07 Å². The Bertz CT molecular complexity index is 1420. The minimum absolute atomic E-state index is 0.568. The van der Waals surface area contributed by atoms with Gasteiger partial charge < -0.3 is 0 Å². The van der Waals surface area contributed by atoms with Gasteiger partial charge >= 0.3 is 0 Å². The van der Waals surface area contributed by atoms with Crippen molar-refractivity contribution in [1.29, 1.82) is 5.26 Å². The average molecular weight is 400 g/mol. The van der Waals surface area contributed by atoms with Gasteiger partial charge in [0, 0.05) is 11.1 Å². The van der Waals surface area contributed by atoms with E-state index in [0.717, 1.165) is 39.1 Å². The summed E-state index contributed by atoms with van der Waals surface area (Å²) >= 11 is 0. The highest BCUT2D eigenvalue weighted by atomic mass is 15.3. The third kappa shape index (κ3) is 3.17. The summed E-state index contributed by atoms with van der Waals surface area (Å²) in [6.45, 7) is 4.04. The molecule has 0 aliphatic heterocycles. The van der Waals surface area contributed by atoms with Crippen molar-refractivity contribution in [2.24, 2.45) is 0 Å². The van der Waals surface area contributed by atoms with E-state index < -0.39 is 0 Å². The molecule has 2 aromatic heterocycles. The molecule has 0 saturated heterocycles. The maximum atomic E-state index is 10.2. The molecule has 3 aromatic carbocycles. The van der Waals surface area contributed by atoms with Crippen LogP contribution in [0.5, 0.6) is 0 Å². The van der Waals surface area contributed by atoms with E-state index in [1.54, 1.807) is 0 Å². The molecule has 0 radical (unpaired) electrons. The van der Waals surface area contributed by atoms with Gasteiger partial charge in [0.15, 0.2) is 5.65 Å². The molecule has 0 bridgehead atoms. The summed E-state index contributed by atoms with van der Waals surface area (Å²) in [6.07, 6.45) is 0. The third-order valence-electron chi connectivity index (χ3n) is 5.49. The summed E-state index contributed by atoms with van der Waals surface area (Å²) in [7, 11) is 0. The molecule has 4 nitrogen and oxygen atoms in total. The number of aryl methyl sites for hydroxylation is 2. The summed E-state index contributed by atoms with van der Waals surface area (Å²) in [5.41, 5.74) is 7.72. The van der Waals surface area contributed by atoms with Crippen molar-refractivity contribution in [3.05, 3.63) is 102 Å². The van der Waals surface area contributed by atoms with Gasteiger partial charge in [0.25, 0.3) is 0 Å². The highest BCUT2D eigenvalue weighted by Crippen LogP contribution is 2.38. The fourth-order valence-electron chi connectivity index (χ4n) is 3.99. The van der Waals surface area contributed by atoms with Gasteiger partial charge in [-0.25, -0.2) is 9.67 Å². The van der Waals surface area contributed by atoms with Gasteiger partial charge in [-0.15, -0.1) is 0 Å².